The molecule has 6 unspecified atom stereocenters. The maximum absolute atomic E-state index is 11.0. The van der Waals surface area contributed by atoms with Gasteiger partial charge < -0.3 is 15.3 Å². The second kappa shape index (κ2) is 9.20. The summed E-state index contributed by atoms with van der Waals surface area (Å²) >= 11 is 0. The topological polar surface area (TPSA) is 77.8 Å². The van der Waals surface area contributed by atoms with Gasteiger partial charge in [-0.3, -0.25) is 4.79 Å². The van der Waals surface area contributed by atoms with Crippen molar-refractivity contribution in [3.63, 3.8) is 0 Å². The van der Waals surface area contributed by atoms with Crippen molar-refractivity contribution in [3.8, 4) is 0 Å². The van der Waals surface area contributed by atoms with Crippen molar-refractivity contribution in [2.45, 2.75) is 64.4 Å². The molecule has 4 nitrogen and oxygen atoms in total. The lowest BCUT2D eigenvalue weighted by Gasteiger charge is -2.40. The van der Waals surface area contributed by atoms with Crippen molar-refractivity contribution in [1.29, 1.82) is 0 Å². The van der Waals surface area contributed by atoms with Crippen LogP contribution < -0.4 is 0 Å². The largest absolute Gasteiger partial charge is 0.481 e. The van der Waals surface area contributed by atoms with Gasteiger partial charge in [-0.25, -0.2) is 0 Å². The standard InChI is InChI=1S/C23H34O4/c1-15-3-2-4-16(11-15)22-8-5-17(12-19(22)14-24)21-9-7-20(25)13-18(21)6-10-23(26)27/h7,9,11-12,16-18,20-22,24-25H,2-6,8,10,13-14H2,1H3,(H,26,27). The third kappa shape index (κ3) is 5.11. The molecule has 3 aliphatic rings. The van der Waals surface area contributed by atoms with Gasteiger partial charge in [-0.05, 0) is 87.0 Å². The highest BCUT2D eigenvalue weighted by molar-refractivity contribution is 5.66. The molecule has 0 aromatic heterocycles. The smallest absolute Gasteiger partial charge is 0.303 e. The van der Waals surface area contributed by atoms with Crippen molar-refractivity contribution in [2.24, 2.45) is 29.6 Å². The first-order chi connectivity index (χ1) is 13.0. The van der Waals surface area contributed by atoms with Gasteiger partial charge in [0.05, 0.1) is 12.7 Å². The molecule has 3 N–H and O–H groups in total. The number of aliphatic hydroxyl groups is 2. The minimum absolute atomic E-state index is 0.114. The van der Waals surface area contributed by atoms with E-state index in [0.717, 1.165) is 12.8 Å². The summed E-state index contributed by atoms with van der Waals surface area (Å²) in [5.41, 5.74) is 2.64. The van der Waals surface area contributed by atoms with E-state index in [2.05, 4.69) is 25.2 Å². The highest BCUT2D eigenvalue weighted by Gasteiger charge is 2.36. The lowest BCUT2D eigenvalue weighted by molar-refractivity contribution is -0.137. The minimum Gasteiger partial charge on any atom is -0.481 e. The second-order valence-corrected chi connectivity index (χ2v) is 8.77. The zero-order valence-electron chi connectivity index (χ0n) is 16.4. The maximum atomic E-state index is 11.0. The van der Waals surface area contributed by atoms with E-state index < -0.39 is 12.1 Å². The first-order valence-electron chi connectivity index (χ1n) is 10.5. The van der Waals surface area contributed by atoms with Crippen molar-refractivity contribution >= 4 is 5.97 Å². The highest BCUT2D eigenvalue weighted by atomic mass is 16.4. The van der Waals surface area contributed by atoms with Gasteiger partial charge in [-0.15, -0.1) is 0 Å². The van der Waals surface area contributed by atoms with Gasteiger partial charge in [0.15, 0.2) is 0 Å². The zero-order valence-corrected chi connectivity index (χ0v) is 16.4. The molecule has 4 heteroatoms. The molecule has 0 fully saturated rings. The van der Waals surface area contributed by atoms with E-state index in [4.69, 9.17) is 5.11 Å². The second-order valence-electron chi connectivity index (χ2n) is 8.77. The summed E-state index contributed by atoms with van der Waals surface area (Å²) in [6.45, 7) is 2.33. The fourth-order valence-electron chi connectivity index (χ4n) is 5.54. The van der Waals surface area contributed by atoms with Crippen LogP contribution in [0.25, 0.3) is 0 Å². The molecular weight excluding hydrogens is 340 g/mol. The fourth-order valence-corrected chi connectivity index (χ4v) is 5.54. The molecule has 0 aliphatic heterocycles. The van der Waals surface area contributed by atoms with E-state index in [0.29, 0.717) is 30.6 Å². The normalized spacial score (nSPS) is 36.9. The summed E-state index contributed by atoms with van der Waals surface area (Å²) in [6, 6.07) is 0. The summed E-state index contributed by atoms with van der Waals surface area (Å²) in [7, 11) is 0. The first kappa shape index (κ1) is 20.3. The quantitative estimate of drug-likeness (QED) is 0.612. The van der Waals surface area contributed by atoms with Gasteiger partial charge >= 0.3 is 5.97 Å². The number of hydrogen-bond acceptors (Lipinski definition) is 3. The molecule has 0 radical (unpaired) electrons. The van der Waals surface area contributed by atoms with Crippen LogP contribution in [0, 0.1) is 29.6 Å². The van der Waals surface area contributed by atoms with Crippen LogP contribution in [0.5, 0.6) is 0 Å². The molecule has 0 aromatic rings. The van der Waals surface area contributed by atoms with E-state index in [9.17, 15) is 15.0 Å². The summed E-state index contributed by atoms with van der Waals surface area (Å²) in [4.78, 5) is 11.0. The summed E-state index contributed by atoms with van der Waals surface area (Å²) in [6.07, 6.45) is 15.4. The van der Waals surface area contributed by atoms with Crippen molar-refractivity contribution in [2.75, 3.05) is 6.61 Å². The summed E-state index contributed by atoms with van der Waals surface area (Å²) in [5, 5.41) is 29.1. The van der Waals surface area contributed by atoms with Gasteiger partial charge in [0.1, 0.15) is 0 Å². The number of allylic oxidation sites excluding steroid dienone is 4. The van der Waals surface area contributed by atoms with E-state index in [-0.39, 0.29) is 24.9 Å². The lowest BCUT2D eigenvalue weighted by atomic mass is 9.66. The van der Waals surface area contributed by atoms with Crippen LogP contribution in [-0.4, -0.2) is 34.0 Å². The number of aliphatic hydroxyl groups excluding tert-OH is 2. The van der Waals surface area contributed by atoms with Crippen molar-refractivity contribution < 1.29 is 20.1 Å². The Morgan fingerprint density at radius 3 is 2.67 bits per heavy atom. The minimum atomic E-state index is -0.771. The number of hydrogen-bond donors (Lipinski definition) is 3. The Hall–Kier alpha value is -1.39. The Bertz CT molecular complexity index is 618. The van der Waals surface area contributed by atoms with Crippen molar-refractivity contribution in [1.82, 2.24) is 0 Å². The Morgan fingerprint density at radius 1 is 1.15 bits per heavy atom. The average molecular weight is 375 g/mol. The molecule has 3 aliphatic carbocycles. The number of aliphatic carboxylic acids is 1. The number of rotatable bonds is 6. The van der Waals surface area contributed by atoms with Gasteiger partial charge in [0.25, 0.3) is 0 Å². The molecule has 0 aromatic carbocycles. The Balaban J connectivity index is 1.76. The molecular formula is C23H34O4. The average Bonchev–Trinajstić information content (AvgIpc) is 2.66. The zero-order chi connectivity index (χ0) is 19.4. The van der Waals surface area contributed by atoms with E-state index >= 15 is 0 Å². The fraction of sp³-hybridized carbons (Fsp3) is 0.696. The Labute approximate surface area is 162 Å². The summed E-state index contributed by atoms with van der Waals surface area (Å²) in [5.74, 6) is 1.00. The molecule has 3 rings (SSSR count). The molecule has 0 spiro atoms. The van der Waals surface area contributed by atoms with Gasteiger partial charge in [0, 0.05) is 6.42 Å². The van der Waals surface area contributed by atoms with Crippen LogP contribution >= 0.6 is 0 Å². The van der Waals surface area contributed by atoms with Crippen LogP contribution in [0.4, 0.5) is 0 Å². The Kier molecular flexibility index (Phi) is 6.93. The predicted molar refractivity (Wildman–Crippen MR) is 106 cm³/mol. The third-order valence-electron chi connectivity index (χ3n) is 6.89. The molecule has 150 valence electrons. The van der Waals surface area contributed by atoms with Crippen LogP contribution in [0.1, 0.15) is 58.3 Å². The summed E-state index contributed by atoms with van der Waals surface area (Å²) < 4.78 is 0. The van der Waals surface area contributed by atoms with Gasteiger partial charge in [-0.2, -0.15) is 0 Å². The van der Waals surface area contributed by atoms with Gasteiger partial charge in [0.2, 0.25) is 0 Å². The first-order valence-corrected chi connectivity index (χ1v) is 10.5. The van der Waals surface area contributed by atoms with E-state index in [1.165, 1.54) is 30.4 Å². The lowest BCUT2D eigenvalue weighted by Crippen LogP contribution is -2.32. The molecule has 0 bridgehead atoms. The molecule has 27 heavy (non-hydrogen) atoms. The number of carboxylic acids is 1. The van der Waals surface area contributed by atoms with Crippen molar-refractivity contribution in [3.05, 3.63) is 35.5 Å². The molecule has 0 saturated heterocycles. The van der Waals surface area contributed by atoms with Crippen LogP contribution in [0.2, 0.25) is 0 Å². The third-order valence-corrected chi connectivity index (χ3v) is 6.89. The molecule has 0 amide bonds. The highest BCUT2D eigenvalue weighted by Crippen LogP contribution is 2.44. The van der Waals surface area contributed by atoms with Gasteiger partial charge in [-0.1, -0.05) is 29.9 Å². The molecule has 0 saturated carbocycles. The van der Waals surface area contributed by atoms with Crippen LogP contribution in [-0.2, 0) is 4.79 Å². The predicted octanol–water partition coefficient (Wildman–Crippen LogP) is 4.10. The molecule has 0 heterocycles. The van der Waals surface area contributed by atoms with Crippen LogP contribution in [0.15, 0.2) is 35.5 Å². The van der Waals surface area contributed by atoms with Crippen LogP contribution in [0.3, 0.4) is 0 Å². The van der Waals surface area contributed by atoms with E-state index in [1.54, 1.807) is 0 Å². The van der Waals surface area contributed by atoms with E-state index in [1.807, 2.05) is 6.08 Å². The number of carboxylic acid groups (broad SMARTS) is 1. The monoisotopic (exact) mass is 374 g/mol. The number of carbonyl (C=O) groups is 1. The SMILES string of the molecule is CC1=CC(C2CCC(C3C=CC(O)CC3CCC(=O)O)C=C2CO)CCC1. The molecule has 6 atom stereocenters. The maximum Gasteiger partial charge on any atom is 0.303 e. The Morgan fingerprint density at radius 2 is 1.96 bits per heavy atom.